The zero-order chi connectivity index (χ0) is 15.1. The monoisotopic (exact) mass is 296 g/mol. The van der Waals surface area contributed by atoms with Crippen molar-refractivity contribution in [3.8, 4) is 0 Å². The molecule has 0 saturated carbocycles. The fourth-order valence-electron chi connectivity index (χ4n) is 1.62. The fraction of sp³-hybridized carbons (Fsp3) is 0.889. The van der Waals surface area contributed by atoms with Crippen LogP contribution in [0.3, 0.4) is 0 Å². The number of aliphatic hydroxyl groups is 1. The molecule has 1 rings (SSSR count). The zero-order valence-electron chi connectivity index (χ0n) is 9.51. The van der Waals surface area contributed by atoms with Crippen LogP contribution in [0, 0.1) is 5.92 Å². The van der Waals surface area contributed by atoms with Crippen molar-refractivity contribution < 1.29 is 45.7 Å². The summed E-state index contributed by atoms with van der Waals surface area (Å²) in [6.45, 7) is -0.993. The van der Waals surface area contributed by atoms with E-state index in [1.807, 2.05) is 0 Å². The van der Waals surface area contributed by atoms with Crippen LogP contribution in [0.25, 0.3) is 0 Å². The maximum absolute atomic E-state index is 12.8. The lowest BCUT2D eigenvalue weighted by Gasteiger charge is -2.28. The number of esters is 1. The van der Waals surface area contributed by atoms with Crippen LogP contribution in [0.1, 0.15) is 13.3 Å². The van der Waals surface area contributed by atoms with E-state index < -0.39 is 49.2 Å². The number of hydrogen-bond donors (Lipinski definition) is 1. The van der Waals surface area contributed by atoms with Crippen LogP contribution < -0.4 is 0 Å². The average molecular weight is 296 g/mol. The number of alkyl halides is 6. The van der Waals surface area contributed by atoms with Gasteiger partial charge in [0, 0.05) is 12.3 Å². The van der Waals surface area contributed by atoms with E-state index in [1.165, 1.54) is 0 Å². The molecule has 0 aromatic heterocycles. The number of ether oxygens (including phenoxy) is 2. The maximum atomic E-state index is 12.8. The van der Waals surface area contributed by atoms with Gasteiger partial charge in [0.2, 0.25) is 0 Å². The third-order valence-electron chi connectivity index (χ3n) is 2.57. The first-order valence-corrected chi connectivity index (χ1v) is 5.05. The molecule has 1 N–H and O–H groups in total. The lowest BCUT2D eigenvalue weighted by atomic mass is 9.94. The zero-order valence-corrected chi connectivity index (χ0v) is 9.51. The van der Waals surface area contributed by atoms with Gasteiger partial charge in [0.25, 0.3) is 5.60 Å². The molecular formula is C9H10F6O4. The van der Waals surface area contributed by atoms with E-state index in [0.29, 0.717) is 0 Å². The summed E-state index contributed by atoms with van der Waals surface area (Å²) in [7, 11) is 0. The number of carbonyl (C=O) groups is 1. The molecule has 4 nitrogen and oxygen atoms in total. The fourth-order valence-corrected chi connectivity index (χ4v) is 1.62. The molecule has 19 heavy (non-hydrogen) atoms. The van der Waals surface area contributed by atoms with Crippen molar-refractivity contribution in [1.29, 1.82) is 0 Å². The number of carbonyl (C=O) groups excluding carboxylic acids is 1. The molecule has 0 bridgehead atoms. The van der Waals surface area contributed by atoms with E-state index in [1.54, 1.807) is 0 Å². The SMILES string of the molecule is CC1CC(C(=O)OCC(F)(F)F)(C(F)(F)F)OC1O. The van der Waals surface area contributed by atoms with Crippen molar-refractivity contribution in [3.63, 3.8) is 0 Å². The van der Waals surface area contributed by atoms with Crippen LogP contribution in [0.5, 0.6) is 0 Å². The molecule has 0 spiro atoms. The van der Waals surface area contributed by atoms with Gasteiger partial charge in [0.05, 0.1) is 0 Å². The highest BCUT2D eigenvalue weighted by Gasteiger charge is 2.68. The van der Waals surface area contributed by atoms with Gasteiger partial charge in [-0.1, -0.05) is 6.92 Å². The highest BCUT2D eigenvalue weighted by Crippen LogP contribution is 2.46. The third-order valence-corrected chi connectivity index (χ3v) is 2.57. The molecule has 3 atom stereocenters. The van der Waals surface area contributed by atoms with Gasteiger partial charge in [0.1, 0.15) is 0 Å². The molecule has 112 valence electrons. The largest absolute Gasteiger partial charge is 0.454 e. The molecular weight excluding hydrogens is 286 g/mol. The molecule has 0 aliphatic carbocycles. The highest BCUT2D eigenvalue weighted by atomic mass is 19.4. The first kappa shape index (κ1) is 16.0. The Labute approximate surface area is 103 Å². The van der Waals surface area contributed by atoms with Crippen molar-refractivity contribution in [2.24, 2.45) is 5.92 Å². The van der Waals surface area contributed by atoms with Crippen LogP contribution in [0.4, 0.5) is 26.3 Å². The van der Waals surface area contributed by atoms with Crippen molar-refractivity contribution in [2.45, 2.75) is 37.6 Å². The molecule has 1 fully saturated rings. The van der Waals surface area contributed by atoms with Gasteiger partial charge in [-0.15, -0.1) is 0 Å². The summed E-state index contributed by atoms with van der Waals surface area (Å²) in [5, 5.41) is 9.12. The average Bonchev–Trinajstić information content (AvgIpc) is 2.51. The maximum Gasteiger partial charge on any atom is 0.428 e. The minimum Gasteiger partial charge on any atom is -0.454 e. The molecule has 0 aromatic rings. The second kappa shape index (κ2) is 4.82. The second-order valence-corrected chi connectivity index (χ2v) is 4.21. The Morgan fingerprint density at radius 3 is 2.21 bits per heavy atom. The summed E-state index contributed by atoms with van der Waals surface area (Å²) >= 11 is 0. The Morgan fingerprint density at radius 2 is 1.89 bits per heavy atom. The van der Waals surface area contributed by atoms with Gasteiger partial charge in [-0.25, -0.2) is 4.79 Å². The van der Waals surface area contributed by atoms with Crippen LogP contribution in [0.2, 0.25) is 0 Å². The van der Waals surface area contributed by atoms with E-state index in [2.05, 4.69) is 9.47 Å². The summed E-state index contributed by atoms with van der Waals surface area (Å²) in [6, 6.07) is 0. The van der Waals surface area contributed by atoms with Crippen molar-refractivity contribution in [3.05, 3.63) is 0 Å². The van der Waals surface area contributed by atoms with E-state index in [4.69, 9.17) is 5.11 Å². The number of halogens is 6. The van der Waals surface area contributed by atoms with Crippen LogP contribution in [-0.2, 0) is 14.3 Å². The first-order chi connectivity index (χ1) is 8.39. The standard InChI is InChI=1S/C9H10F6O4/c1-4-2-7(9(13,14)15,19-5(4)16)6(17)18-3-8(10,11)12/h4-5,16H,2-3H2,1H3. The summed E-state index contributed by atoms with van der Waals surface area (Å²) in [6.07, 6.45) is -13.2. The molecule has 3 unspecified atom stereocenters. The lowest BCUT2D eigenvalue weighted by Crippen LogP contribution is -2.53. The Hall–Kier alpha value is -1.03. The second-order valence-electron chi connectivity index (χ2n) is 4.21. The van der Waals surface area contributed by atoms with Crippen LogP contribution in [-0.4, -0.2) is 41.9 Å². The first-order valence-electron chi connectivity index (χ1n) is 5.05. The Morgan fingerprint density at radius 1 is 1.37 bits per heavy atom. The van der Waals surface area contributed by atoms with E-state index in [9.17, 15) is 31.1 Å². The molecule has 1 heterocycles. The third kappa shape index (κ3) is 3.30. The Bertz CT molecular complexity index is 340. The van der Waals surface area contributed by atoms with Gasteiger partial charge in [-0.05, 0) is 0 Å². The molecule has 10 heteroatoms. The number of aliphatic hydroxyl groups excluding tert-OH is 1. The predicted molar refractivity (Wildman–Crippen MR) is 46.7 cm³/mol. The lowest BCUT2D eigenvalue weighted by molar-refractivity contribution is -0.292. The van der Waals surface area contributed by atoms with E-state index in [0.717, 1.165) is 6.92 Å². The highest BCUT2D eigenvalue weighted by molar-refractivity contribution is 5.81. The van der Waals surface area contributed by atoms with Gasteiger partial charge in [-0.3, -0.25) is 0 Å². The minimum absolute atomic E-state index is 1.01. The summed E-state index contributed by atoms with van der Waals surface area (Å²) < 4.78 is 81.7. The predicted octanol–water partition coefficient (Wildman–Crippen LogP) is 1.77. The van der Waals surface area contributed by atoms with Crippen LogP contribution >= 0.6 is 0 Å². The normalized spacial score (nSPS) is 32.4. The van der Waals surface area contributed by atoms with Gasteiger partial charge < -0.3 is 14.6 Å². The molecule has 1 aliphatic heterocycles. The van der Waals surface area contributed by atoms with Crippen molar-refractivity contribution >= 4 is 5.97 Å². The Kier molecular flexibility index (Phi) is 4.06. The van der Waals surface area contributed by atoms with Crippen molar-refractivity contribution in [1.82, 2.24) is 0 Å². The topological polar surface area (TPSA) is 55.8 Å². The van der Waals surface area contributed by atoms with Crippen LogP contribution in [0.15, 0.2) is 0 Å². The summed E-state index contributed by atoms with van der Waals surface area (Å²) in [5.41, 5.74) is -3.56. The molecule has 1 saturated heterocycles. The van der Waals surface area contributed by atoms with E-state index in [-0.39, 0.29) is 0 Å². The van der Waals surface area contributed by atoms with E-state index >= 15 is 0 Å². The van der Waals surface area contributed by atoms with Crippen molar-refractivity contribution in [2.75, 3.05) is 6.61 Å². The molecule has 0 aromatic carbocycles. The quantitative estimate of drug-likeness (QED) is 0.623. The smallest absolute Gasteiger partial charge is 0.428 e. The number of hydrogen-bond acceptors (Lipinski definition) is 4. The molecule has 0 radical (unpaired) electrons. The molecule has 0 amide bonds. The molecule has 1 aliphatic rings. The summed E-state index contributed by atoms with van der Waals surface area (Å²) in [4.78, 5) is 11.3. The summed E-state index contributed by atoms with van der Waals surface area (Å²) in [5.74, 6) is -3.28. The Balaban J connectivity index is 2.91. The van der Waals surface area contributed by atoms with Gasteiger partial charge in [0.15, 0.2) is 12.9 Å². The number of rotatable bonds is 2. The van der Waals surface area contributed by atoms with Gasteiger partial charge >= 0.3 is 18.3 Å². The van der Waals surface area contributed by atoms with Gasteiger partial charge in [-0.2, -0.15) is 26.3 Å². The minimum atomic E-state index is -5.29.